The van der Waals surface area contributed by atoms with Gasteiger partial charge in [0.25, 0.3) is 0 Å². The van der Waals surface area contributed by atoms with Gasteiger partial charge < -0.3 is 15.7 Å². The van der Waals surface area contributed by atoms with E-state index >= 15 is 0 Å². The number of benzene rings is 1. The van der Waals surface area contributed by atoms with Crippen molar-refractivity contribution in [1.29, 1.82) is 0 Å². The minimum absolute atomic E-state index is 0.138. The molecule has 1 saturated heterocycles. The first-order valence-electron chi connectivity index (χ1n) is 4.30. The van der Waals surface area contributed by atoms with Crippen LogP contribution in [-0.2, 0) is 0 Å². The number of phenols is 1. The van der Waals surface area contributed by atoms with Gasteiger partial charge >= 0.3 is 6.03 Å². The number of nitrogens with one attached hydrogen (secondary N) is 2. The van der Waals surface area contributed by atoms with Crippen LogP contribution in [0.3, 0.4) is 0 Å². The quantitative estimate of drug-likeness (QED) is 0.597. The number of carbonyl (C=O) groups excluding carboxylic acids is 1. The van der Waals surface area contributed by atoms with Gasteiger partial charge in [-0.3, -0.25) is 0 Å². The Morgan fingerprint density at radius 3 is 2.73 bits per heavy atom. The first-order chi connectivity index (χ1) is 7.08. The largest absolute Gasteiger partial charge is 0.506 e. The maximum Gasteiger partial charge on any atom is 0.315 e. The van der Waals surface area contributed by atoms with Gasteiger partial charge in [-0.25, -0.2) is 4.79 Å². The molecule has 6 heteroatoms. The molecule has 80 valence electrons. The molecule has 0 radical (unpaired) electrons. The third-order valence-corrected chi connectivity index (χ3v) is 3.65. The monoisotopic (exact) mass is 430 g/mol. The van der Waals surface area contributed by atoms with Crippen molar-refractivity contribution in [3.63, 3.8) is 0 Å². The smallest absolute Gasteiger partial charge is 0.315 e. The van der Waals surface area contributed by atoms with Crippen LogP contribution >= 0.6 is 45.2 Å². The van der Waals surface area contributed by atoms with E-state index in [-0.39, 0.29) is 17.8 Å². The second-order valence-corrected chi connectivity index (χ2v) is 5.64. The Balaban J connectivity index is 2.39. The van der Waals surface area contributed by atoms with Crippen LogP contribution in [0.15, 0.2) is 12.1 Å². The van der Waals surface area contributed by atoms with Crippen LogP contribution in [0, 0.1) is 7.14 Å². The van der Waals surface area contributed by atoms with E-state index in [1.807, 2.05) is 12.1 Å². The van der Waals surface area contributed by atoms with Crippen molar-refractivity contribution in [3.05, 3.63) is 24.8 Å². The summed E-state index contributed by atoms with van der Waals surface area (Å²) >= 11 is 4.27. The molecule has 1 atom stereocenters. The van der Waals surface area contributed by atoms with Crippen LogP contribution < -0.4 is 10.6 Å². The zero-order chi connectivity index (χ0) is 11.0. The molecule has 0 bridgehead atoms. The number of aromatic hydroxyl groups is 1. The van der Waals surface area contributed by atoms with Gasteiger partial charge in [0.1, 0.15) is 5.75 Å². The van der Waals surface area contributed by atoms with Gasteiger partial charge in [-0.2, -0.15) is 0 Å². The summed E-state index contributed by atoms with van der Waals surface area (Å²) in [7, 11) is 0. The molecule has 1 aromatic carbocycles. The summed E-state index contributed by atoms with van der Waals surface area (Å²) in [5.41, 5.74) is 0.768. The van der Waals surface area contributed by atoms with Crippen molar-refractivity contribution < 1.29 is 9.90 Å². The van der Waals surface area contributed by atoms with Gasteiger partial charge in [-0.15, -0.1) is 0 Å². The fraction of sp³-hybridized carbons (Fsp3) is 0.222. The highest BCUT2D eigenvalue weighted by Gasteiger charge is 2.25. The van der Waals surface area contributed by atoms with Crippen LogP contribution in [0.1, 0.15) is 11.6 Å². The van der Waals surface area contributed by atoms with Crippen molar-refractivity contribution in [3.8, 4) is 5.75 Å². The third-order valence-electron chi connectivity index (χ3n) is 2.21. The summed E-state index contributed by atoms with van der Waals surface area (Å²) in [6.07, 6.45) is 0. The Hall–Kier alpha value is -0.250. The average molecular weight is 430 g/mol. The number of hydrogen-bond donors (Lipinski definition) is 3. The van der Waals surface area contributed by atoms with Gasteiger partial charge in [0.15, 0.2) is 0 Å². The predicted molar refractivity (Wildman–Crippen MR) is 72.8 cm³/mol. The first kappa shape index (κ1) is 11.2. The number of urea groups is 1. The normalized spacial score (nSPS) is 19.9. The average Bonchev–Trinajstić information content (AvgIpc) is 2.58. The second kappa shape index (κ2) is 4.32. The summed E-state index contributed by atoms with van der Waals surface area (Å²) in [4.78, 5) is 11.0. The number of phenolic OH excluding ortho intramolecular Hbond substituents is 1. The van der Waals surface area contributed by atoms with Gasteiger partial charge in [0, 0.05) is 15.7 Å². The van der Waals surface area contributed by atoms with E-state index in [0.717, 1.165) is 12.7 Å². The number of carbonyl (C=O) groups is 1. The fourth-order valence-corrected chi connectivity index (χ4v) is 3.38. The van der Waals surface area contributed by atoms with Gasteiger partial charge in [-0.05, 0) is 57.3 Å². The van der Waals surface area contributed by atoms with E-state index in [1.165, 1.54) is 0 Å². The summed E-state index contributed by atoms with van der Waals surface area (Å²) < 4.78 is 1.85. The molecule has 3 N–H and O–H groups in total. The lowest BCUT2D eigenvalue weighted by Gasteiger charge is -2.12. The van der Waals surface area contributed by atoms with Gasteiger partial charge in [-0.1, -0.05) is 0 Å². The molecular weight excluding hydrogens is 422 g/mol. The second-order valence-electron chi connectivity index (χ2n) is 3.23. The van der Waals surface area contributed by atoms with Crippen molar-refractivity contribution >= 4 is 51.2 Å². The summed E-state index contributed by atoms with van der Waals surface area (Å²) in [5.74, 6) is 0.255. The zero-order valence-corrected chi connectivity index (χ0v) is 11.9. The molecule has 1 heterocycles. The van der Waals surface area contributed by atoms with Crippen molar-refractivity contribution in [1.82, 2.24) is 10.6 Å². The van der Waals surface area contributed by atoms with Crippen LogP contribution in [0.25, 0.3) is 0 Å². The molecule has 15 heavy (non-hydrogen) atoms. The molecule has 2 amide bonds. The SMILES string of the molecule is O=C1NC[C@H](c2cc(I)cc(I)c2O)N1. The highest BCUT2D eigenvalue weighted by atomic mass is 127. The predicted octanol–water partition coefficient (Wildman–Crippen LogP) is 1.96. The molecule has 1 aromatic rings. The van der Waals surface area contributed by atoms with E-state index in [1.54, 1.807) is 0 Å². The minimum atomic E-state index is -0.187. The minimum Gasteiger partial charge on any atom is -0.506 e. The van der Waals surface area contributed by atoms with Crippen LogP contribution in [0.4, 0.5) is 4.79 Å². The van der Waals surface area contributed by atoms with E-state index in [2.05, 4.69) is 55.8 Å². The molecule has 4 nitrogen and oxygen atoms in total. The van der Waals surface area contributed by atoms with Gasteiger partial charge in [0.05, 0.1) is 9.61 Å². The third kappa shape index (κ3) is 2.30. The Labute approximate surface area is 114 Å². The lowest BCUT2D eigenvalue weighted by Crippen LogP contribution is -2.21. The molecule has 1 aliphatic heterocycles. The lowest BCUT2D eigenvalue weighted by atomic mass is 10.1. The Morgan fingerprint density at radius 2 is 2.13 bits per heavy atom. The Kier molecular flexibility index (Phi) is 3.24. The number of rotatable bonds is 1. The molecular formula is C9H8I2N2O2. The highest BCUT2D eigenvalue weighted by molar-refractivity contribution is 14.1. The van der Waals surface area contributed by atoms with Crippen molar-refractivity contribution in [2.75, 3.05) is 6.54 Å². The lowest BCUT2D eigenvalue weighted by molar-refractivity contribution is 0.247. The summed E-state index contributed by atoms with van der Waals surface area (Å²) in [5, 5.41) is 15.3. The molecule has 0 spiro atoms. The van der Waals surface area contributed by atoms with E-state index in [9.17, 15) is 9.90 Å². The maximum atomic E-state index is 11.0. The fourth-order valence-electron chi connectivity index (χ4n) is 1.49. The van der Waals surface area contributed by atoms with Crippen LogP contribution in [0.5, 0.6) is 5.75 Å². The number of halogens is 2. The van der Waals surface area contributed by atoms with E-state index in [0.29, 0.717) is 6.54 Å². The molecule has 0 aromatic heterocycles. The first-order valence-corrected chi connectivity index (χ1v) is 6.46. The standard InChI is InChI=1S/C9H8I2N2O2/c10-4-1-5(8(14)6(11)2-4)7-3-12-9(15)13-7/h1-2,7,14H,3H2,(H2,12,13,15)/t7-/m1/s1. The van der Waals surface area contributed by atoms with E-state index < -0.39 is 0 Å². The van der Waals surface area contributed by atoms with E-state index in [4.69, 9.17) is 0 Å². The maximum absolute atomic E-state index is 11.0. The molecule has 0 unspecified atom stereocenters. The Bertz CT molecular complexity index is 423. The molecule has 1 fully saturated rings. The molecule has 1 aliphatic rings. The summed E-state index contributed by atoms with van der Waals surface area (Å²) in [6.45, 7) is 0.516. The zero-order valence-electron chi connectivity index (χ0n) is 7.55. The Morgan fingerprint density at radius 1 is 1.40 bits per heavy atom. The molecule has 2 rings (SSSR count). The van der Waals surface area contributed by atoms with Gasteiger partial charge in [0.2, 0.25) is 0 Å². The van der Waals surface area contributed by atoms with Crippen LogP contribution in [0.2, 0.25) is 0 Å². The molecule has 0 saturated carbocycles. The number of hydrogen-bond acceptors (Lipinski definition) is 2. The van der Waals surface area contributed by atoms with Crippen molar-refractivity contribution in [2.45, 2.75) is 6.04 Å². The number of amides is 2. The highest BCUT2D eigenvalue weighted by Crippen LogP contribution is 2.31. The van der Waals surface area contributed by atoms with Crippen LogP contribution in [-0.4, -0.2) is 17.7 Å². The van der Waals surface area contributed by atoms with Crippen molar-refractivity contribution in [2.24, 2.45) is 0 Å². The molecule has 0 aliphatic carbocycles. The topological polar surface area (TPSA) is 61.4 Å². The summed E-state index contributed by atoms with van der Waals surface area (Å²) in [6, 6.07) is 3.45.